The predicted molar refractivity (Wildman–Crippen MR) is 70.5 cm³/mol. The number of furan rings is 1. The molecule has 5 heteroatoms. The molecule has 0 bridgehead atoms. The Balaban J connectivity index is 2.83. The van der Waals surface area contributed by atoms with Crippen LogP contribution in [0, 0.1) is 18.3 Å². The van der Waals surface area contributed by atoms with Crippen LogP contribution in [0.3, 0.4) is 0 Å². The molecule has 0 aliphatic heterocycles. The van der Waals surface area contributed by atoms with Crippen LogP contribution in [0.4, 0.5) is 0 Å². The van der Waals surface area contributed by atoms with Crippen molar-refractivity contribution in [3.63, 3.8) is 0 Å². The number of aliphatic carboxylic acids is 1. The number of hydrogen-bond donors (Lipinski definition) is 1. The smallest absolute Gasteiger partial charge is 0.316 e. The van der Waals surface area contributed by atoms with Gasteiger partial charge in [-0.05, 0) is 24.5 Å². The zero-order chi connectivity index (χ0) is 14.8. The van der Waals surface area contributed by atoms with Gasteiger partial charge in [0.1, 0.15) is 17.4 Å². The Labute approximate surface area is 113 Å². The van der Waals surface area contributed by atoms with Crippen LogP contribution in [0.2, 0.25) is 0 Å². The molecule has 1 amide bonds. The van der Waals surface area contributed by atoms with Crippen molar-refractivity contribution in [1.82, 2.24) is 4.90 Å². The number of aryl methyl sites for hydroxylation is 1. The van der Waals surface area contributed by atoms with E-state index in [9.17, 15) is 14.7 Å². The summed E-state index contributed by atoms with van der Waals surface area (Å²) in [5.41, 5.74) is -0.629. The number of carboxylic acids is 1. The number of rotatable bonds is 4. The van der Waals surface area contributed by atoms with E-state index in [1.54, 1.807) is 33.9 Å². The number of carbonyl (C=O) groups excluding carboxylic acids is 1. The third kappa shape index (κ3) is 3.84. The SMILES string of the molecule is Cc1ccc(CN(C)C(=O)C(C(=O)O)C(C)(C)C)o1. The van der Waals surface area contributed by atoms with E-state index in [1.165, 1.54) is 4.90 Å². The molecular formula is C14H21NO4. The molecule has 0 spiro atoms. The zero-order valence-corrected chi connectivity index (χ0v) is 12.1. The lowest BCUT2D eigenvalue weighted by Gasteiger charge is -2.29. The predicted octanol–water partition coefficient (Wildman–Crippen LogP) is 2.29. The van der Waals surface area contributed by atoms with Gasteiger partial charge < -0.3 is 14.4 Å². The lowest BCUT2D eigenvalue weighted by molar-refractivity contribution is -0.155. The first kappa shape index (κ1) is 15.3. The molecule has 1 aromatic heterocycles. The fourth-order valence-corrected chi connectivity index (χ4v) is 1.95. The van der Waals surface area contributed by atoms with E-state index in [0.29, 0.717) is 5.76 Å². The van der Waals surface area contributed by atoms with E-state index in [4.69, 9.17) is 4.42 Å². The van der Waals surface area contributed by atoms with Gasteiger partial charge in [-0.3, -0.25) is 9.59 Å². The van der Waals surface area contributed by atoms with Crippen LogP contribution in [-0.2, 0) is 16.1 Å². The van der Waals surface area contributed by atoms with Crippen molar-refractivity contribution in [3.05, 3.63) is 23.7 Å². The summed E-state index contributed by atoms with van der Waals surface area (Å²) < 4.78 is 5.39. The minimum Gasteiger partial charge on any atom is -0.481 e. The number of nitrogens with zero attached hydrogens (tertiary/aromatic N) is 1. The van der Waals surface area contributed by atoms with Crippen molar-refractivity contribution in [2.75, 3.05) is 7.05 Å². The largest absolute Gasteiger partial charge is 0.481 e. The third-order valence-electron chi connectivity index (χ3n) is 2.93. The highest BCUT2D eigenvalue weighted by molar-refractivity contribution is 5.97. The van der Waals surface area contributed by atoms with Gasteiger partial charge in [-0.25, -0.2) is 0 Å². The molecule has 1 rings (SSSR count). The average Bonchev–Trinajstić information content (AvgIpc) is 2.60. The summed E-state index contributed by atoms with van der Waals surface area (Å²) in [4.78, 5) is 24.9. The molecule has 1 unspecified atom stereocenters. The normalized spacial score (nSPS) is 13.1. The summed E-state index contributed by atoms with van der Waals surface area (Å²) in [7, 11) is 1.59. The highest BCUT2D eigenvalue weighted by atomic mass is 16.4. The molecule has 0 aliphatic rings. The van der Waals surface area contributed by atoms with Gasteiger partial charge in [0.2, 0.25) is 5.91 Å². The Morgan fingerprint density at radius 2 is 1.95 bits per heavy atom. The van der Waals surface area contributed by atoms with Crippen molar-refractivity contribution in [2.24, 2.45) is 11.3 Å². The molecule has 1 atom stereocenters. The quantitative estimate of drug-likeness (QED) is 0.850. The maximum Gasteiger partial charge on any atom is 0.316 e. The van der Waals surface area contributed by atoms with Crippen molar-refractivity contribution >= 4 is 11.9 Å². The fourth-order valence-electron chi connectivity index (χ4n) is 1.95. The maximum atomic E-state index is 12.2. The van der Waals surface area contributed by atoms with Crippen LogP contribution in [0.25, 0.3) is 0 Å². The summed E-state index contributed by atoms with van der Waals surface area (Å²) in [6.07, 6.45) is 0. The molecule has 0 saturated carbocycles. The lowest BCUT2D eigenvalue weighted by Crippen LogP contribution is -2.43. The molecule has 0 aliphatic carbocycles. The fraction of sp³-hybridized carbons (Fsp3) is 0.571. The molecule has 1 heterocycles. The molecule has 5 nitrogen and oxygen atoms in total. The Bertz CT molecular complexity index is 470. The Morgan fingerprint density at radius 1 is 1.37 bits per heavy atom. The highest BCUT2D eigenvalue weighted by Crippen LogP contribution is 2.28. The van der Waals surface area contributed by atoms with E-state index in [1.807, 2.05) is 13.0 Å². The Morgan fingerprint density at radius 3 is 2.32 bits per heavy atom. The zero-order valence-electron chi connectivity index (χ0n) is 12.1. The van der Waals surface area contributed by atoms with Gasteiger partial charge in [0, 0.05) is 7.05 Å². The second-order valence-corrected chi connectivity index (χ2v) is 5.84. The van der Waals surface area contributed by atoms with E-state index in [0.717, 1.165) is 5.76 Å². The van der Waals surface area contributed by atoms with Crippen LogP contribution < -0.4 is 0 Å². The Hall–Kier alpha value is -1.78. The van der Waals surface area contributed by atoms with E-state index < -0.39 is 23.2 Å². The minimum atomic E-state index is -1.10. The molecule has 1 N–H and O–H groups in total. The summed E-state index contributed by atoms with van der Waals surface area (Å²) in [6.45, 7) is 7.32. The van der Waals surface area contributed by atoms with Gasteiger partial charge in [-0.2, -0.15) is 0 Å². The van der Waals surface area contributed by atoms with Crippen molar-refractivity contribution < 1.29 is 19.1 Å². The van der Waals surface area contributed by atoms with Crippen LogP contribution in [0.5, 0.6) is 0 Å². The van der Waals surface area contributed by atoms with Crippen molar-refractivity contribution in [3.8, 4) is 0 Å². The summed E-state index contributed by atoms with van der Waals surface area (Å²) in [5.74, 6) is -1.16. The third-order valence-corrected chi connectivity index (χ3v) is 2.93. The maximum absolute atomic E-state index is 12.2. The monoisotopic (exact) mass is 267 g/mol. The van der Waals surface area contributed by atoms with Gasteiger partial charge in [0.15, 0.2) is 0 Å². The summed E-state index contributed by atoms with van der Waals surface area (Å²) >= 11 is 0. The molecular weight excluding hydrogens is 246 g/mol. The van der Waals surface area contributed by atoms with Crippen LogP contribution in [0.15, 0.2) is 16.5 Å². The van der Waals surface area contributed by atoms with E-state index >= 15 is 0 Å². The lowest BCUT2D eigenvalue weighted by atomic mass is 9.80. The second kappa shape index (κ2) is 5.47. The van der Waals surface area contributed by atoms with Gasteiger partial charge in [0.05, 0.1) is 6.54 Å². The molecule has 0 saturated heterocycles. The molecule has 0 aromatic carbocycles. The second-order valence-electron chi connectivity index (χ2n) is 5.84. The van der Waals surface area contributed by atoms with Gasteiger partial charge in [0.25, 0.3) is 0 Å². The van der Waals surface area contributed by atoms with Crippen LogP contribution in [-0.4, -0.2) is 28.9 Å². The standard InChI is InChI=1S/C14H21NO4/c1-9-6-7-10(19-9)8-15(5)12(16)11(13(17)18)14(2,3)4/h6-7,11H,8H2,1-5H3,(H,17,18). The molecule has 106 valence electrons. The van der Waals surface area contributed by atoms with E-state index in [2.05, 4.69) is 0 Å². The first-order chi connectivity index (χ1) is 8.62. The van der Waals surface area contributed by atoms with Crippen LogP contribution >= 0.6 is 0 Å². The summed E-state index contributed by atoms with van der Waals surface area (Å²) in [5, 5.41) is 9.23. The molecule has 0 radical (unpaired) electrons. The Kier molecular flexibility index (Phi) is 4.39. The van der Waals surface area contributed by atoms with Crippen molar-refractivity contribution in [1.29, 1.82) is 0 Å². The average molecular weight is 267 g/mol. The van der Waals surface area contributed by atoms with Crippen LogP contribution in [0.1, 0.15) is 32.3 Å². The highest BCUT2D eigenvalue weighted by Gasteiger charge is 2.39. The molecule has 19 heavy (non-hydrogen) atoms. The van der Waals surface area contributed by atoms with E-state index in [-0.39, 0.29) is 6.54 Å². The van der Waals surface area contributed by atoms with Gasteiger partial charge >= 0.3 is 5.97 Å². The molecule has 1 aromatic rings. The van der Waals surface area contributed by atoms with Gasteiger partial charge in [-0.1, -0.05) is 20.8 Å². The number of hydrogen-bond acceptors (Lipinski definition) is 3. The number of carboxylic acid groups (broad SMARTS) is 1. The molecule has 0 fully saturated rings. The number of amides is 1. The first-order valence-corrected chi connectivity index (χ1v) is 6.16. The first-order valence-electron chi connectivity index (χ1n) is 6.16. The minimum absolute atomic E-state index is 0.270. The van der Waals surface area contributed by atoms with Crippen molar-refractivity contribution in [2.45, 2.75) is 34.2 Å². The summed E-state index contributed by atoms with van der Waals surface area (Å²) in [6, 6.07) is 3.60. The number of carbonyl (C=O) groups is 2. The van der Waals surface area contributed by atoms with Gasteiger partial charge in [-0.15, -0.1) is 0 Å². The topological polar surface area (TPSA) is 70.8 Å².